The second kappa shape index (κ2) is 12.3. The fourth-order valence-electron chi connectivity index (χ4n) is 9.83. The maximum absolute atomic E-state index is 13.9. The molecule has 2 aliphatic carbocycles. The highest BCUT2D eigenvalue weighted by molar-refractivity contribution is 5.82. The van der Waals surface area contributed by atoms with Crippen molar-refractivity contribution in [2.75, 3.05) is 0 Å². The number of aliphatic carboxylic acids is 2. The maximum Gasteiger partial charge on any atom is 0.310 e. The number of carboxylic acid groups (broad SMARTS) is 2. The zero-order chi connectivity index (χ0) is 31.1. The number of rotatable bonds is 9. The SMILES string of the molecule is CC1(C)CCC(C(CC(=O)O)(C(=O)O)C2CCC(C)(C)N(OC3CCCCC3)C2(C)C)C(C)(C)N1OC1CCCCC1. The van der Waals surface area contributed by atoms with Gasteiger partial charge in [0.25, 0.3) is 0 Å². The van der Waals surface area contributed by atoms with Crippen molar-refractivity contribution in [3.8, 4) is 0 Å². The molecule has 0 spiro atoms. The molecular weight excluding hydrogens is 532 g/mol. The zero-order valence-electron chi connectivity index (χ0n) is 27.8. The first kappa shape index (κ1) is 33.7. The van der Waals surface area contributed by atoms with Gasteiger partial charge in [-0.15, -0.1) is 0 Å². The lowest BCUT2D eigenvalue weighted by molar-refractivity contribution is -0.347. The van der Waals surface area contributed by atoms with E-state index in [4.69, 9.17) is 9.68 Å². The van der Waals surface area contributed by atoms with Crippen LogP contribution in [0, 0.1) is 17.3 Å². The molecular formula is C34H60N2O6. The molecule has 2 unspecified atom stereocenters. The first-order valence-electron chi connectivity index (χ1n) is 16.9. The molecule has 8 nitrogen and oxygen atoms in total. The molecule has 2 saturated carbocycles. The molecule has 8 heteroatoms. The van der Waals surface area contributed by atoms with E-state index in [-0.39, 0.29) is 23.3 Å². The van der Waals surface area contributed by atoms with Crippen molar-refractivity contribution in [1.29, 1.82) is 0 Å². The van der Waals surface area contributed by atoms with Crippen molar-refractivity contribution in [3.05, 3.63) is 0 Å². The van der Waals surface area contributed by atoms with Crippen LogP contribution in [0.3, 0.4) is 0 Å². The third-order valence-electron chi connectivity index (χ3n) is 11.6. The molecule has 2 atom stereocenters. The van der Waals surface area contributed by atoms with E-state index in [9.17, 15) is 19.8 Å². The summed E-state index contributed by atoms with van der Waals surface area (Å²) in [6.07, 6.45) is 13.6. The van der Waals surface area contributed by atoms with E-state index in [1.54, 1.807) is 0 Å². The molecule has 2 heterocycles. The van der Waals surface area contributed by atoms with Crippen LogP contribution in [0.5, 0.6) is 0 Å². The summed E-state index contributed by atoms with van der Waals surface area (Å²) in [6, 6.07) is 0. The van der Waals surface area contributed by atoms with Gasteiger partial charge in [0.1, 0.15) is 0 Å². The minimum atomic E-state index is -1.51. The van der Waals surface area contributed by atoms with Crippen molar-refractivity contribution >= 4 is 11.9 Å². The monoisotopic (exact) mass is 592 g/mol. The van der Waals surface area contributed by atoms with Crippen molar-refractivity contribution < 1.29 is 29.5 Å². The van der Waals surface area contributed by atoms with Crippen LogP contribution >= 0.6 is 0 Å². The van der Waals surface area contributed by atoms with E-state index in [2.05, 4.69) is 65.5 Å². The summed E-state index contributed by atoms with van der Waals surface area (Å²) >= 11 is 0. The van der Waals surface area contributed by atoms with Crippen LogP contribution in [0.1, 0.15) is 152 Å². The number of hydrogen-bond donors (Lipinski definition) is 2. The first-order valence-corrected chi connectivity index (χ1v) is 16.9. The Kier molecular flexibility index (Phi) is 9.85. The van der Waals surface area contributed by atoms with Crippen LogP contribution in [0.4, 0.5) is 0 Å². The predicted octanol–water partition coefficient (Wildman–Crippen LogP) is 7.60. The minimum Gasteiger partial charge on any atom is -0.481 e. The summed E-state index contributed by atoms with van der Waals surface area (Å²) in [5, 5.41) is 25.9. The Labute approximate surface area is 254 Å². The lowest BCUT2D eigenvalue weighted by atomic mass is 9.50. The van der Waals surface area contributed by atoms with Gasteiger partial charge in [-0.1, -0.05) is 38.5 Å². The van der Waals surface area contributed by atoms with E-state index in [1.165, 1.54) is 12.8 Å². The molecule has 0 aromatic heterocycles. The van der Waals surface area contributed by atoms with Gasteiger partial charge in [-0.2, -0.15) is 10.1 Å². The number of hydrogen-bond acceptors (Lipinski definition) is 6. The summed E-state index contributed by atoms with van der Waals surface area (Å²) in [7, 11) is 0. The van der Waals surface area contributed by atoms with Crippen LogP contribution in [0.2, 0.25) is 0 Å². The number of hydroxylamine groups is 4. The Bertz CT molecular complexity index is 903. The Morgan fingerprint density at radius 1 is 0.643 bits per heavy atom. The van der Waals surface area contributed by atoms with Crippen LogP contribution in [-0.2, 0) is 19.3 Å². The van der Waals surface area contributed by atoms with Gasteiger partial charge in [-0.25, -0.2) is 0 Å². The number of piperidine rings is 2. The Hall–Kier alpha value is -1.22. The van der Waals surface area contributed by atoms with Gasteiger partial charge in [0.15, 0.2) is 0 Å². The Balaban J connectivity index is 1.78. The molecule has 0 amide bonds. The van der Waals surface area contributed by atoms with Gasteiger partial charge in [-0.3, -0.25) is 19.3 Å². The van der Waals surface area contributed by atoms with Gasteiger partial charge >= 0.3 is 11.9 Å². The molecule has 0 aromatic rings. The first-order chi connectivity index (χ1) is 19.5. The lowest BCUT2D eigenvalue weighted by Crippen LogP contribution is -2.72. The minimum absolute atomic E-state index is 0.112. The summed E-state index contributed by atoms with van der Waals surface area (Å²) in [4.78, 5) is 40.2. The topological polar surface area (TPSA) is 99.5 Å². The summed E-state index contributed by atoms with van der Waals surface area (Å²) in [6.45, 7) is 17.1. The fraction of sp³-hybridized carbons (Fsp3) is 0.941. The highest BCUT2D eigenvalue weighted by Crippen LogP contribution is 2.60. The fourth-order valence-corrected chi connectivity index (χ4v) is 9.83. The van der Waals surface area contributed by atoms with E-state index in [1.807, 2.05) is 0 Å². The van der Waals surface area contributed by atoms with Crippen LogP contribution in [-0.4, -0.2) is 66.6 Å². The number of carboxylic acids is 2. The molecule has 2 aliphatic heterocycles. The third kappa shape index (κ3) is 6.29. The largest absolute Gasteiger partial charge is 0.481 e. The molecule has 2 N–H and O–H groups in total. The standard InChI is InChI=1S/C34H60N2O6/c1-30(2)21-19-26(32(5,6)35(30)41-24-15-11-9-12-16-24)34(29(39)40,23-28(37)38)27-20-22-31(3,4)36(33(27,7)8)42-25-17-13-10-14-18-25/h24-27H,9-23H2,1-8H3,(H,37,38)(H,39,40). The van der Waals surface area contributed by atoms with Crippen molar-refractivity contribution in [1.82, 2.24) is 10.1 Å². The van der Waals surface area contributed by atoms with Gasteiger partial charge in [0.05, 0.1) is 24.0 Å². The molecule has 42 heavy (non-hydrogen) atoms. The van der Waals surface area contributed by atoms with Gasteiger partial charge < -0.3 is 10.2 Å². The molecule has 0 aromatic carbocycles. The summed E-state index contributed by atoms with van der Waals surface area (Å²) in [5.74, 6) is -2.93. The highest BCUT2D eigenvalue weighted by atomic mass is 16.7. The predicted molar refractivity (Wildman–Crippen MR) is 164 cm³/mol. The zero-order valence-corrected chi connectivity index (χ0v) is 27.8. The van der Waals surface area contributed by atoms with Crippen molar-refractivity contribution in [2.24, 2.45) is 17.3 Å². The molecule has 242 valence electrons. The average molecular weight is 593 g/mol. The Morgan fingerprint density at radius 2 is 1.00 bits per heavy atom. The number of carbonyl (C=O) groups is 2. The quantitative estimate of drug-likeness (QED) is 0.282. The number of nitrogens with zero attached hydrogens (tertiary/aromatic N) is 2. The molecule has 0 radical (unpaired) electrons. The highest BCUT2D eigenvalue weighted by Gasteiger charge is 2.67. The molecule has 0 bridgehead atoms. The normalized spacial score (nSPS) is 32.2. The van der Waals surface area contributed by atoms with Crippen LogP contribution < -0.4 is 0 Å². The average Bonchev–Trinajstić information content (AvgIpc) is 2.89. The van der Waals surface area contributed by atoms with Crippen molar-refractivity contribution in [3.63, 3.8) is 0 Å². The Morgan fingerprint density at radius 3 is 1.31 bits per heavy atom. The van der Waals surface area contributed by atoms with E-state index < -0.39 is 46.7 Å². The second-order valence-electron chi connectivity index (χ2n) is 16.4. The third-order valence-corrected chi connectivity index (χ3v) is 11.6. The van der Waals surface area contributed by atoms with Gasteiger partial charge in [0, 0.05) is 22.2 Å². The van der Waals surface area contributed by atoms with E-state index >= 15 is 0 Å². The molecule has 4 fully saturated rings. The summed E-state index contributed by atoms with van der Waals surface area (Å²) < 4.78 is 0. The lowest BCUT2D eigenvalue weighted by Gasteiger charge is -2.64. The van der Waals surface area contributed by atoms with Crippen molar-refractivity contribution in [2.45, 2.75) is 186 Å². The smallest absolute Gasteiger partial charge is 0.310 e. The molecule has 4 aliphatic rings. The molecule has 4 rings (SSSR count). The van der Waals surface area contributed by atoms with E-state index in [0.29, 0.717) is 12.8 Å². The molecule has 2 saturated heterocycles. The van der Waals surface area contributed by atoms with Gasteiger partial charge in [-0.05, 0) is 119 Å². The van der Waals surface area contributed by atoms with Gasteiger partial charge in [0.2, 0.25) is 0 Å². The maximum atomic E-state index is 13.9. The van der Waals surface area contributed by atoms with E-state index in [0.717, 1.165) is 64.2 Å². The van der Waals surface area contributed by atoms with Crippen LogP contribution in [0.15, 0.2) is 0 Å². The summed E-state index contributed by atoms with van der Waals surface area (Å²) in [5.41, 5.74) is -3.51. The second-order valence-corrected chi connectivity index (χ2v) is 16.4. The van der Waals surface area contributed by atoms with Crippen LogP contribution in [0.25, 0.3) is 0 Å².